The number of furan rings is 1. The van der Waals surface area contributed by atoms with Crippen LogP contribution in [0.2, 0.25) is 0 Å². The first-order valence-corrected chi connectivity index (χ1v) is 8.58. The van der Waals surface area contributed by atoms with Gasteiger partial charge < -0.3 is 14.6 Å². The van der Waals surface area contributed by atoms with Gasteiger partial charge in [0.1, 0.15) is 12.1 Å². The van der Waals surface area contributed by atoms with Gasteiger partial charge in [-0.15, -0.1) is 0 Å². The number of nitrogens with one attached hydrogen (secondary N) is 2. The first-order valence-electron chi connectivity index (χ1n) is 8.58. The maximum Gasteiger partial charge on any atom is 0.254 e. The van der Waals surface area contributed by atoms with Crippen molar-refractivity contribution in [3.8, 4) is 11.3 Å². The topological polar surface area (TPSA) is 74.2 Å². The van der Waals surface area contributed by atoms with Crippen LogP contribution in [0.15, 0.2) is 53.3 Å². The fraction of sp³-hybridized carbons (Fsp3) is 0.263. The predicted molar refractivity (Wildman–Crippen MR) is 95.4 cm³/mol. The van der Waals surface area contributed by atoms with Crippen molar-refractivity contribution in [1.29, 1.82) is 0 Å². The normalized spacial score (nSPS) is 17.3. The predicted octanol–water partition coefficient (Wildman–Crippen LogP) is 3.21. The summed E-state index contributed by atoms with van der Waals surface area (Å²) in [5.41, 5.74) is 2.25. The number of aromatic amines is 1. The molecule has 0 radical (unpaired) electrons. The highest BCUT2D eigenvalue weighted by Crippen LogP contribution is 2.24. The molecule has 1 saturated heterocycles. The van der Waals surface area contributed by atoms with Crippen LogP contribution in [-0.4, -0.2) is 35.2 Å². The average molecular weight is 354 g/mol. The van der Waals surface area contributed by atoms with Gasteiger partial charge in [-0.25, -0.2) is 4.39 Å². The van der Waals surface area contributed by atoms with E-state index in [-0.39, 0.29) is 17.8 Å². The Bertz CT molecular complexity index is 873. The lowest BCUT2D eigenvalue weighted by Crippen LogP contribution is -2.47. The summed E-state index contributed by atoms with van der Waals surface area (Å²) in [6.45, 7) is 1.57. The summed E-state index contributed by atoms with van der Waals surface area (Å²) < 4.78 is 18.0. The van der Waals surface area contributed by atoms with Crippen LogP contribution < -0.4 is 10.2 Å². The molecule has 4 rings (SSSR count). The summed E-state index contributed by atoms with van der Waals surface area (Å²) >= 11 is 0. The highest BCUT2D eigenvalue weighted by atomic mass is 19.1. The van der Waals surface area contributed by atoms with Gasteiger partial charge in [0.15, 0.2) is 5.82 Å². The van der Waals surface area contributed by atoms with Crippen molar-refractivity contribution >= 4 is 11.7 Å². The maximum atomic E-state index is 13.1. The number of anilines is 1. The average Bonchev–Trinajstić information content (AvgIpc) is 3.35. The smallest absolute Gasteiger partial charge is 0.254 e. The molecule has 1 atom stereocenters. The van der Waals surface area contributed by atoms with E-state index in [9.17, 15) is 9.18 Å². The van der Waals surface area contributed by atoms with Crippen LogP contribution >= 0.6 is 0 Å². The van der Waals surface area contributed by atoms with Gasteiger partial charge in [-0.3, -0.25) is 9.89 Å². The van der Waals surface area contributed by atoms with E-state index in [1.807, 2.05) is 6.07 Å². The van der Waals surface area contributed by atoms with E-state index in [4.69, 9.17) is 4.42 Å². The Morgan fingerprint density at radius 2 is 2.15 bits per heavy atom. The number of benzene rings is 1. The Morgan fingerprint density at radius 3 is 2.92 bits per heavy atom. The lowest BCUT2D eigenvalue weighted by Gasteiger charge is -2.33. The second-order valence-corrected chi connectivity index (χ2v) is 6.42. The van der Waals surface area contributed by atoms with E-state index >= 15 is 0 Å². The maximum absolute atomic E-state index is 13.1. The van der Waals surface area contributed by atoms with Crippen LogP contribution in [0.4, 0.5) is 10.2 Å². The summed E-state index contributed by atoms with van der Waals surface area (Å²) in [5, 5.41) is 10.4. The van der Waals surface area contributed by atoms with Crippen molar-refractivity contribution < 1.29 is 13.6 Å². The van der Waals surface area contributed by atoms with Gasteiger partial charge in [-0.1, -0.05) is 0 Å². The molecule has 0 spiro atoms. The highest BCUT2D eigenvalue weighted by molar-refractivity contribution is 5.94. The molecule has 1 aromatic carbocycles. The van der Waals surface area contributed by atoms with Crippen molar-refractivity contribution in [3.05, 3.63) is 60.3 Å². The van der Waals surface area contributed by atoms with Gasteiger partial charge in [-0.2, -0.15) is 5.10 Å². The van der Waals surface area contributed by atoms with Gasteiger partial charge in [0, 0.05) is 25.2 Å². The lowest BCUT2D eigenvalue weighted by molar-refractivity contribution is 0.0932. The molecule has 1 amide bonds. The minimum absolute atomic E-state index is 0.0529. The first-order chi connectivity index (χ1) is 12.7. The Labute approximate surface area is 150 Å². The van der Waals surface area contributed by atoms with Gasteiger partial charge in [0.05, 0.1) is 17.5 Å². The minimum atomic E-state index is -0.263. The fourth-order valence-electron chi connectivity index (χ4n) is 3.22. The number of nitrogens with zero attached hydrogens (tertiary/aromatic N) is 2. The number of piperidine rings is 1. The largest absolute Gasteiger partial charge is 0.472 e. The van der Waals surface area contributed by atoms with Gasteiger partial charge in [0.2, 0.25) is 0 Å². The number of aromatic nitrogens is 2. The molecule has 3 aromatic rings. The summed E-state index contributed by atoms with van der Waals surface area (Å²) in [5.74, 6) is 0.437. The molecule has 0 aliphatic carbocycles. The molecule has 1 aliphatic rings. The zero-order valence-corrected chi connectivity index (χ0v) is 14.1. The third-order valence-electron chi connectivity index (χ3n) is 4.58. The number of carbonyl (C=O) groups excluding carboxylic acids is 1. The molecule has 0 unspecified atom stereocenters. The number of amides is 1. The van der Waals surface area contributed by atoms with Crippen LogP contribution in [0.25, 0.3) is 11.3 Å². The van der Waals surface area contributed by atoms with Gasteiger partial charge in [-0.05, 0) is 48.7 Å². The van der Waals surface area contributed by atoms with Crippen molar-refractivity contribution in [3.63, 3.8) is 0 Å². The Kier molecular flexibility index (Phi) is 4.43. The molecule has 2 N–H and O–H groups in total. The standard InChI is InChI=1S/C19H19FN4O2/c20-15-5-3-13(4-6-15)17-10-18(23-22-17)24-8-1-2-16(11-24)21-19(25)14-7-9-26-12-14/h3-7,9-10,12,16H,1-2,8,11H2,(H,21,25)(H,22,23)/t16-/m0/s1. The molecule has 7 heteroatoms. The molecule has 1 aliphatic heterocycles. The molecule has 0 saturated carbocycles. The minimum Gasteiger partial charge on any atom is -0.472 e. The Morgan fingerprint density at radius 1 is 1.31 bits per heavy atom. The molecule has 26 heavy (non-hydrogen) atoms. The molecule has 134 valence electrons. The summed E-state index contributed by atoms with van der Waals surface area (Å²) in [6.07, 6.45) is 4.83. The molecule has 6 nitrogen and oxygen atoms in total. The lowest BCUT2D eigenvalue weighted by atomic mass is 10.1. The van der Waals surface area contributed by atoms with Crippen LogP contribution in [0.3, 0.4) is 0 Å². The zero-order valence-electron chi connectivity index (χ0n) is 14.1. The molecule has 3 heterocycles. The van der Waals surface area contributed by atoms with Crippen molar-refractivity contribution in [2.75, 3.05) is 18.0 Å². The highest BCUT2D eigenvalue weighted by Gasteiger charge is 2.24. The fourth-order valence-corrected chi connectivity index (χ4v) is 3.22. The van der Waals surface area contributed by atoms with E-state index in [0.717, 1.165) is 36.5 Å². The molecular formula is C19H19FN4O2. The second kappa shape index (κ2) is 7.03. The molecule has 0 bridgehead atoms. The first kappa shape index (κ1) is 16.4. The van der Waals surface area contributed by atoms with E-state index < -0.39 is 0 Å². The monoisotopic (exact) mass is 354 g/mol. The SMILES string of the molecule is O=C(N[C@H]1CCCN(c2cc(-c3ccc(F)cc3)[nH]n2)C1)c1ccoc1. The van der Waals surface area contributed by atoms with E-state index in [0.29, 0.717) is 12.1 Å². The number of carbonyl (C=O) groups is 1. The molecular weight excluding hydrogens is 335 g/mol. The van der Waals surface area contributed by atoms with Crippen LogP contribution in [0.1, 0.15) is 23.2 Å². The summed E-state index contributed by atoms with van der Waals surface area (Å²) in [6, 6.07) is 9.95. The third kappa shape index (κ3) is 3.46. The van der Waals surface area contributed by atoms with Gasteiger partial charge >= 0.3 is 0 Å². The number of rotatable bonds is 4. The molecule has 2 aromatic heterocycles. The van der Waals surface area contributed by atoms with E-state index in [2.05, 4.69) is 20.4 Å². The zero-order chi connectivity index (χ0) is 17.9. The number of hydrogen-bond acceptors (Lipinski definition) is 4. The quantitative estimate of drug-likeness (QED) is 0.754. The number of H-pyrrole nitrogens is 1. The van der Waals surface area contributed by atoms with E-state index in [1.165, 1.54) is 24.7 Å². The molecule has 1 fully saturated rings. The Balaban J connectivity index is 1.43. The van der Waals surface area contributed by atoms with Crippen molar-refractivity contribution in [2.45, 2.75) is 18.9 Å². The summed E-state index contributed by atoms with van der Waals surface area (Å²) in [7, 11) is 0. The summed E-state index contributed by atoms with van der Waals surface area (Å²) in [4.78, 5) is 14.3. The van der Waals surface area contributed by atoms with Crippen LogP contribution in [0, 0.1) is 5.82 Å². The van der Waals surface area contributed by atoms with Crippen LogP contribution in [-0.2, 0) is 0 Å². The number of hydrogen-bond donors (Lipinski definition) is 2. The van der Waals surface area contributed by atoms with Crippen LogP contribution in [0.5, 0.6) is 0 Å². The number of halogens is 1. The van der Waals surface area contributed by atoms with Crippen molar-refractivity contribution in [2.24, 2.45) is 0 Å². The third-order valence-corrected chi connectivity index (χ3v) is 4.58. The van der Waals surface area contributed by atoms with E-state index in [1.54, 1.807) is 18.2 Å². The van der Waals surface area contributed by atoms with Crippen molar-refractivity contribution in [1.82, 2.24) is 15.5 Å². The Hall–Kier alpha value is -3.09. The van der Waals surface area contributed by atoms with Gasteiger partial charge in [0.25, 0.3) is 5.91 Å². The second-order valence-electron chi connectivity index (χ2n) is 6.42.